The molecule has 100 valence electrons. The van der Waals surface area contributed by atoms with E-state index in [9.17, 15) is 9.59 Å². The van der Waals surface area contributed by atoms with Crippen LogP contribution in [-0.4, -0.2) is 29.4 Å². The van der Waals surface area contributed by atoms with Gasteiger partial charge in [-0.3, -0.25) is 4.79 Å². The van der Waals surface area contributed by atoms with Crippen LogP contribution in [0, 0.1) is 12.8 Å². The lowest BCUT2D eigenvalue weighted by Crippen LogP contribution is -2.41. The normalized spacial score (nSPS) is 26.8. The number of carbonyl (C=O) groups excluding carboxylic acids is 2. The third-order valence-electron chi connectivity index (χ3n) is 4.16. The number of urea groups is 1. The molecule has 4 heteroatoms. The molecule has 0 aromatic heterocycles. The van der Waals surface area contributed by atoms with Crippen LogP contribution < -0.4 is 4.90 Å². The minimum Gasteiger partial charge on any atom is -0.312 e. The Labute approximate surface area is 113 Å². The number of carbonyl (C=O) groups is 2. The van der Waals surface area contributed by atoms with Crippen LogP contribution >= 0.6 is 0 Å². The van der Waals surface area contributed by atoms with Gasteiger partial charge in [0.15, 0.2) is 0 Å². The molecule has 1 aromatic carbocycles. The average Bonchev–Trinajstić information content (AvgIpc) is 2.63. The molecule has 0 radical (unpaired) electrons. The van der Waals surface area contributed by atoms with Gasteiger partial charge in [-0.05, 0) is 37.3 Å². The largest absolute Gasteiger partial charge is 0.332 e. The molecule has 0 saturated carbocycles. The third-order valence-corrected chi connectivity index (χ3v) is 4.16. The molecular weight excluding hydrogens is 240 g/mol. The van der Waals surface area contributed by atoms with Crippen molar-refractivity contribution in [3.05, 3.63) is 29.8 Å². The molecule has 3 rings (SSSR count). The molecule has 0 bridgehead atoms. The molecule has 3 amide bonds. The first-order chi connectivity index (χ1) is 9.09. The smallest absolute Gasteiger partial charge is 0.312 e. The van der Waals surface area contributed by atoms with E-state index in [0.717, 1.165) is 24.1 Å². The molecule has 2 unspecified atom stereocenters. The number of amides is 3. The van der Waals surface area contributed by atoms with E-state index in [-0.39, 0.29) is 18.0 Å². The Hall–Kier alpha value is -1.84. The summed E-state index contributed by atoms with van der Waals surface area (Å²) in [5.74, 6) is 0.445. The summed E-state index contributed by atoms with van der Waals surface area (Å²) in [6.07, 6.45) is 1.77. The zero-order valence-corrected chi connectivity index (χ0v) is 11.3. The van der Waals surface area contributed by atoms with Crippen LogP contribution in [0.3, 0.4) is 0 Å². The first-order valence-corrected chi connectivity index (χ1v) is 6.80. The first kappa shape index (κ1) is 12.2. The Morgan fingerprint density at radius 3 is 2.68 bits per heavy atom. The van der Waals surface area contributed by atoms with E-state index >= 15 is 0 Å². The molecule has 0 aliphatic carbocycles. The maximum Gasteiger partial charge on any atom is 0.332 e. The lowest BCUT2D eigenvalue weighted by Gasteiger charge is -2.30. The molecule has 4 nitrogen and oxygen atoms in total. The lowest BCUT2D eigenvalue weighted by molar-refractivity contribution is -0.120. The van der Waals surface area contributed by atoms with Gasteiger partial charge in [0.25, 0.3) is 5.91 Å². The second kappa shape index (κ2) is 4.37. The number of hydrogen-bond acceptors (Lipinski definition) is 2. The Bertz CT molecular complexity index is 541. The highest BCUT2D eigenvalue weighted by Crippen LogP contribution is 2.33. The second-order valence-corrected chi connectivity index (χ2v) is 5.58. The first-order valence-electron chi connectivity index (χ1n) is 6.80. The Kier molecular flexibility index (Phi) is 2.81. The Balaban J connectivity index is 1.98. The van der Waals surface area contributed by atoms with E-state index in [4.69, 9.17) is 0 Å². The zero-order valence-electron chi connectivity index (χ0n) is 11.3. The van der Waals surface area contributed by atoms with E-state index < -0.39 is 0 Å². The molecule has 1 aromatic rings. The number of nitrogens with zero attached hydrogens (tertiary/aromatic N) is 2. The van der Waals surface area contributed by atoms with Crippen molar-refractivity contribution in [2.45, 2.75) is 32.7 Å². The predicted octanol–water partition coefficient (Wildman–Crippen LogP) is 2.56. The lowest BCUT2D eigenvalue weighted by atomic mass is 9.93. The van der Waals surface area contributed by atoms with Gasteiger partial charge in [0.2, 0.25) is 0 Å². The summed E-state index contributed by atoms with van der Waals surface area (Å²) in [5, 5.41) is 0. The number of para-hydroxylation sites is 1. The number of piperidine rings is 1. The van der Waals surface area contributed by atoms with Crippen LogP contribution in [0.25, 0.3) is 0 Å². The number of rotatable bonds is 1. The van der Waals surface area contributed by atoms with Crippen molar-refractivity contribution >= 4 is 17.6 Å². The fraction of sp³-hybridized carbons (Fsp3) is 0.467. The molecule has 2 atom stereocenters. The summed E-state index contributed by atoms with van der Waals surface area (Å²) in [4.78, 5) is 28.0. The van der Waals surface area contributed by atoms with E-state index in [2.05, 4.69) is 6.92 Å². The summed E-state index contributed by atoms with van der Waals surface area (Å²) in [6, 6.07) is 7.14. The van der Waals surface area contributed by atoms with Crippen molar-refractivity contribution in [1.29, 1.82) is 0 Å². The van der Waals surface area contributed by atoms with Crippen LogP contribution in [0.2, 0.25) is 0 Å². The van der Waals surface area contributed by atoms with Gasteiger partial charge in [-0.25, -0.2) is 9.69 Å². The van der Waals surface area contributed by atoms with Crippen LogP contribution in [-0.2, 0) is 4.79 Å². The molecule has 2 fully saturated rings. The highest BCUT2D eigenvalue weighted by atomic mass is 16.2. The van der Waals surface area contributed by atoms with Gasteiger partial charge in [0.05, 0.1) is 5.69 Å². The molecule has 2 saturated heterocycles. The van der Waals surface area contributed by atoms with E-state index in [0.29, 0.717) is 12.5 Å². The van der Waals surface area contributed by atoms with Gasteiger partial charge in [-0.15, -0.1) is 0 Å². The molecule has 0 N–H and O–H groups in total. The van der Waals surface area contributed by atoms with Crippen molar-refractivity contribution in [3.8, 4) is 0 Å². The maximum absolute atomic E-state index is 12.5. The molecule has 0 spiro atoms. The minimum absolute atomic E-state index is 0.0640. The second-order valence-electron chi connectivity index (χ2n) is 5.58. The van der Waals surface area contributed by atoms with Crippen molar-refractivity contribution < 1.29 is 9.59 Å². The fourth-order valence-corrected chi connectivity index (χ4v) is 3.01. The summed E-state index contributed by atoms with van der Waals surface area (Å²) in [5.41, 5.74) is 1.68. The van der Waals surface area contributed by atoms with Crippen molar-refractivity contribution in [1.82, 2.24) is 4.90 Å². The van der Waals surface area contributed by atoms with Gasteiger partial charge < -0.3 is 4.90 Å². The summed E-state index contributed by atoms with van der Waals surface area (Å²) in [7, 11) is 0. The number of hydrogen-bond donors (Lipinski definition) is 0. The van der Waals surface area contributed by atoms with Crippen LogP contribution in [0.4, 0.5) is 10.5 Å². The quantitative estimate of drug-likeness (QED) is 0.726. The number of benzene rings is 1. The van der Waals surface area contributed by atoms with E-state index in [1.807, 2.05) is 31.2 Å². The van der Waals surface area contributed by atoms with Gasteiger partial charge >= 0.3 is 6.03 Å². The Morgan fingerprint density at radius 2 is 1.95 bits per heavy atom. The number of imide groups is 1. The van der Waals surface area contributed by atoms with E-state index in [1.54, 1.807) is 4.90 Å². The number of fused-ring (bicyclic) bond motifs is 1. The SMILES string of the molecule is Cc1ccccc1N1C(=O)C2CC(C)CCN2C1=O. The molecule has 2 heterocycles. The van der Waals surface area contributed by atoms with Crippen LogP contribution in [0.15, 0.2) is 24.3 Å². The van der Waals surface area contributed by atoms with Gasteiger partial charge in [0, 0.05) is 6.54 Å². The van der Waals surface area contributed by atoms with Gasteiger partial charge in [-0.2, -0.15) is 0 Å². The molecular formula is C15H18N2O2. The molecule has 19 heavy (non-hydrogen) atoms. The average molecular weight is 258 g/mol. The van der Waals surface area contributed by atoms with Gasteiger partial charge in [-0.1, -0.05) is 25.1 Å². The maximum atomic E-state index is 12.5. The third kappa shape index (κ3) is 1.82. The topological polar surface area (TPSA) is 40.6 Å². The number of aryl methyl sites for hydroxylation is 1. The summed E-state index contributed by atoms with van der Waals surface area (Å²) in [6.45, 7) is 4.76. The molecule has 2 aliphatic rings. The Morgan fingerprint density at radius 1 is 1.21 bits per heavy atom. The fourth-order valence-electron chi connectivity index (χ4n) is 3.01. The summed E-state index contributed by atoms with van der Waals surface area (Å²) >= 11 is 0. The molecule has 2 aliphatic heterocycles. The van der Waals surface area contributed by atoms with Crippen molar-refractivity contribution in [2.24, 2.45) is 5.92 Å². The predicted molar refractivity (Wildman–Crippen MR) is 73.0 cm³/mol. The van der Waals surface area contributed by atoms with Crippen molar-refractivity contribution in [2.75, 3.05) is 11.4 Å². The number of anilines is 1. The highest BCUT2D eigenvalue weighted by molar-refractivity contribution is 6.21. The van der Waals surface area contributed by atoms with Crippen LogP contribution in [0.1, 0.15) is 25.3 Å². The zero-order chi connectivity index (χ0) is 13.6. The van der Waals surface area contributed by atoms with Gasteiger partial charge in [0.1, 0.15) is 6.04 Å². The van der Waals surface area contributed by atoms with Crippen molar-refractivity contribution in [3.63, 3.8) is 0 Å². The monoisotopic (exact) mass is 258 g/mol. The summed E-state index contributed by atoms with van der Waals surface area (Å²) < 4.78 is 0. The standard InChI is InChI=1S/C15H18N2O2/c1-10-7-8-16-13(9-10)14(18)17(15(16)19)12-6-4-3-5-11(12)2/h3-6,10,13H,7-9H2,1-2H3. The van der Waals surface area contributed by atoms with E-state index in [1.165, 1.54) is 4.90 Å². The highest BCUT2D eigenvalue weighted by Gasteiger charge is 2.48. The minimum atomic E-state index is -0.254. The van der Waals surface area contributed by atoms with Crippen LogP contribution in [0.5, 0.6) is 0 Å².